The predicted octanol–water partition coefficient (Wildman–Crippen LogP) is 7.27. The maximum absolute atomic E-state index is 10.1. The van der Waals surface area contributed by atoms with Crippen molar-refractivity contribution in [3.05, 3.63) is 113 Å². The van der Waals surface area contributed by atoms with Crippen molar-refractivity contribution < 1.29 is 9.84 Å². The summed E-state index contributed by atoms with van der Waals surface area (Å²) in [4.78, 5) is 0. The van der Waals surface area contributed by atoms with Gasteiger partial charge in [-0.15, -0.1) is 11.3 Å². The molecule has 1 N–H and O–H groups in total. The minimum atomic E-state index is 0.389. The fourth-order valence-corrected chi connectivity index (χ4v) is 7.83. The van der Waals surface area contributed by atoms with E-state index >= 15 is 0 Å². The van der Waals surface area contributed by atoms with Crippen molar-refractivity contribution in [3.63, 3.8) is 0 Å². The van der Waals surface area contributed by atoms with E-state index in [-0.39, 0.29) is 0 Å². The average molecular weight is 461 g/mol. The third-order valence-corrected chi connectivity index (χ3v) is 9.20. The van der Waals surface area contributed by atoms with Gasteiger partial charge in [-0.2, -0.15) is 0 Å². The molecule has 0 fully saturated rings. The predicted molar refractivity (Wildman–Crippen MR) is 134 cm³/mol. The van der Waals surface area contributed by atoms with E-state index < -0.39 is 0 Å². The van der Waals surface area contributed by atoms with Crippen LogP contribution in [0.5, 0.6) is 10.8 Å². The van der Waals surface area contributed by atoms with Crippen molar-refractivity contribution in [2.24, 2.45) is 0 Å². The van der Waals surface area contributed by atoms with Gasteiger partial charge in [-0.3, -0.25) is 0 Å². The standard InChI is InChI=1S/C29H16O2S2/c1-31-16-5-2-14(3-6-16)15-4-7-18-23(12-15)32-29-21-10-8-17-22-13-24(30)33-28(22)20-11-9-19(27(18)29)26(21)25(17)20/h2-13,30H,1H3. The molecule has 156 valence electrons. The summed E-state index contributed by atoms with van der Waals surface area (Å²) in [7, 11) is 1.70. The topological polar surface area (TPSA) is 29.5 Å². The van der Waals surface area contributed by atoms with Crippen molar-refractivity contribution in [2.75, 3.05) is 7.11 Å². The number of aromatic hydroxyl groups is 1. The summed E-state index contributed by atoms with van der Waals surface area (Å²) in [6.45, 7) is 0. The third-order valence-electron chi connectivity index (χ3n) is 7.04. The fraction of sp³-hybridized carbons (Fsp3) is 0.0345. The summed E-state index contributed by atoms with van der Waals surface area (Å²) in [5, 5.41) is 22.2. The van der Waals surface area contributed by atoms with E-state index in [9.17, 15) is 5.11 Å². The number of hydrogen-bond acceptors (Lipinski definition) is 4. The second-order valence-corrected chi connectivity index (χ2v) is 10.7. The third kappa shape index (κ3) is 2.17. The van der Waals surface area contributed by atoms with Crippen LogP contribution in [0.2, 0.25) is 0 Å². The number of thiophene rings is 2. The van der Waals surface area contributed by atoms with Crippen molar-refractivity contribution in [2.45, 2.75) is 0 Å². The Hall–Kier alpha value is -3.60. The molecule has 0 bridgehead atoms. The highest BCUT2D eigenvalue weighted by Crippen LogP contribution is 2.38. The van der Waals surface area contributed by atoms with Crippen molar-refractivity contribution >= 4 is 43.5 Å². The van der Waals surface area contributed by atoms with Crippen LogP contribution in [0, 0.1) is 40.4 Å². The molecule has 2 heterocycles. The summed E-state index contributed by atoms with van der Waals surface area (Å²) < 4.78 is 9.19. The molecule has 4 aromatic carbocycles. The molecule has 2 aliphatic rings. The molecular weight excluding hydrogens is 444 g/mol. The minimum Gasteiger partial charge on any atom is -0.499 e. The van der Waals surface area contributed by atoms with Crippen molar-refractivity contribution in [1.29, 1.82) is 0 Å². The van der Waals surface area contributed by atoms with E-state index in [1.54, 1.807) is 7.11 Å². The Bertz CT molecular complexity index is 2190. The maximum Gasteiger partial charge on any atom is 0.172 e. The van der Waals surface area contributed by atoms with E-state index in [2.05, 4.69) is 54.6 Å². The molecule has 2 aliphatic carbocycles. The van der Waals surface area contributed by atoms with E-state index in [4.69, 9.17) is 4.74 Å². The summed E-state index contributed by atoms with van der Waals surface area (Å²) in [5.41, 5.74) is 2.42. The molecule has 0 amide bonds. The van der Waals surface area contributed by atoms with Crippen LogP contribution < -0.4 is 4.74 Å². The molecule has 0 aliphatic heterocycles. The Morgan fingerprint density at radius 3 is 2.15 bits per heavy atom. The van der Waals surface area contributed by atoms with E-state index in [0.29, 0.717) is 5.06 Å². The Morgan fingerprint density at radius 2 is 1.33 bits per heavy atom. The molecule has 0 atom stereocenters. The summed E-state index contributed by atoms with van der Waals surface area (Å²) in [5.74, 6) is 0.875. The van der Waals surface area contributed by atoms with Gasteiger partial charge in [0.25, 0.3) is 0 Å². The molecule has 2 nitrogen and oxygen atoms in total. The Balaban J connectivity index is 1.49. The Labute approximate surface area is 195 Å². The zero-order valence-electron chi connectivity index (χ0n) is 17.6. The molecule has 0 saturated heterocycles. The largest absolute Gasteiger partial charge is 0.499 e. The van der Waals surface area contributed by atoms with Crippen LogP contribution in [0.15, 0.2) is 72.8 Å². The summed E-state index contributed by atoms with van der Waals surface area (Å²) >= 11 is 3.37. The van der Waals surface area contributed by atoms with Gasteiger partial charge in [0.1, 0.15) is 5.75 Å². The first-order chi connectivity index (χ1) is 16.2. The number of ether oxygens (including phenoxy) is 1. The lowest BCUT2D eigenvalue weighted by Crippen LogP contribution is -1.82. The first-order valence-electron chi connectivity index (χ1n) is 10.9. The number of rotatable bonds is 2. The van der Waals surface area contributed by atoms with E-state index in [0.717, 1.165) is 5.75 Å². The van der Waals surface area contributed by atoms with Crippen LogP contribution in [0.1, 0.15) is 0 Å². The van der Waals surface area contributed by atoms with Gasteiger partial charge in [0.15, 0.2) is 5.06 Å². The number of benzene rings is 4. The Morgan fingerprint density at radius 1 is 0.636 bits per heavy atom. The molecule has 0 unspecified atom stereocenters. The number of methoxy groups -OCH3 is 1. The second kappa shape index (κ2) is 6.04. The van der Waals surface area contributed by atoms with Crippen molar-refractivity contribution in [3.8, 4) is 21.9 Å². The second-order valence-electron chi connectivity index (χ2n) is 8.64. The van der Waals surface area contributed by atoms with Crippen LogP contribution >= 0.6 is 22.7 Å². The van der Waals surface area contributed by atoms with Crippen LogP contribution in [-0.4, -0.2) is 12.2 Å². The molecule has 6 aromatic rings. The van der Waals surface area contributed by atoms with Gasteiger partial charge in [-0.1, -0.05) is 59.9 Å². The van der Waals surface area contributed by atoms with Crippen LogP contribution in [-0.2, 0) is 0 Å². The lowest BCUT2D eigenvalue weighted by atomic mass is 10.0. The van der Waals surface area contributed by atoms with Crippen molar-refractivity contribution in [1.82, 2.24) is 0 Å². The van der Waals surface area contributed by atoms with Crippen LogP contribution in [0.3, 0.4) is 0 Å². The molecule has 0 saturated carbocycles. The molecule has 0 radical (unpaired) electrons. The first-order valence-corrected chi connectivity index (χ1v) is 12.5. The quantitative estimate of drug-likeness (QED) is 0.294. The average Bonchev–Trinajstić information content (AvgIpc) is 3.56. The highest BCUT2D eigenvalue weighted by Gasteiger charge is 2.16. The lowest BCUT2D eigenvalue weighted by molar-refractivity contribution is 0.415. The molecule has 0 spiro atoms. The number of hydrogen-bond donors (Lipinski definition) is 1. The van der Waals surface area contributed by atoms with Crippen LogP contribution in [0.25, 0.3) is 32.0 Å². The van der Waals surface area contributed by atoms with Gasteiger partial charge in [-0.05, 0) is 50.5 Å². The molecule has 4 heteroatoms. The smallest absolute Gasteiger partial charge is 0.172 e. The van der Waals surface area contributed by atoms with Gasteiger partial charge >= 0.3 is 0 Å². The first kappa shape index (κ1) is 17.9. The van der Waals surface area contributed by atoms with E-state index in [1.807, 2.05) is 29.5 Å². The normalized spacial score (nSPS) is 12.5. The van der Waals surface area contributed by atoms with Gasteiger partial charge in [0.05, 0.1) is 7.11 Å². The van der Waals surface area contributed by atoms with E-state index in [1.165, 1.54) is 83.7 Å². The SMILES string of the molecule is COc1ccc(-c2ccc3c4c(sc3c2)=c2ccc3c5c(ccc=4c25)=c2sc(O)cc2=3)cc1. The highest BCUT2D eigenvalue weighted by atomic mass is 32.1. The zero-order valence-corrected chi connectivity index (χ0v) is 19.2. The van der Waals surface area contributed by atoms with Crippen LogP contribution in [0.4, 0.5) is 0 Å². The Kier molecular flexibility index (Phi) is 3.28. The van der Waals surface area contributed by atoms with Gasteiger partial charge in [0, 0.05) is 46.1 Å². The van der Waals surface area contributed by atoms with Gasteiger partial charge in [-0.25, -0.2) is 0 Å². The molecular formula is C29H16O2S2. The minimum absolute atomic E-state index is 0.389. The zero-order chi connectivity index (χ0) is 21.8. The van der Waals surface area contributed by atoms with Gasteiger partial charge < -0.3 is 9.84 Å². The molecule has 2 aromatic heterocycles. The highest BCUT2D eigenvalue weighted by molar-refractivity contribution is 7.17. The number of fused-ring (bicyclic) bond motifs is 4. The molecule has 33 heavy (non-hydrogen) atoms. The molecule has 8 rings (SSSR count). The summed E-state index contributed by atoms with van der Waals surface area (Å²) in [6, 6.07) is 26.1. The fourth-order valence-electron chi connectivity index (χ4n) is 5.60. The lowest BCUT2D eigenvalue weighted by Gasteiger charge is -2.04. The van der Waals surface area contributed by atoms with Gasteiger partial charge in [0.2, 0.25) is 0 Å². The summed E-state index contributed by atoms with van der Waals surface area (Å²) in [6.07, 6.45) is 0. The maximum atomic E-state index is 10.1. The monoisotopic (exact) mass is 460 g/mol.